The Kier molecular flexibility index (Phi) is 25.8. The minimum atomic E-state index is -0.657. The molecule has 3 fully saturated rings. The Morgan fingerprint density at radius 2 is 1.18 bits per heavy atom. The first-order chi connectivity index (χ1) is 38.0. The van der Waals surface area contributed by atoms with Crippen molar-refractivity contribution >= 4 is 68.9 Å². The fourth-order valence-electron chi connectivity index (χ4n) is 13.0. The van der Waals surface area contributed by atoms with Crippen molar-refractivity contribution in [2.24, 2.45) is 79.4 Å². The number of aliphatic imine (C=N–C) groups is 1. The molecule has 1 aromatic rings. The topological polar surface area (TPSA) is 167 Å². The Morgan fingerprint density at radius 1 is 0.720 bits per heavy atom. The summed E-state index contributed by atoms with van der Waals surface area (Å²) in [5, 5.41) is 7.78. The molecule has 0 bridgehead atoms. The Balaban J connectivity index is 0.00000714. The molecular weight excluding hydrogens is 1120 g/mol. The number of hydrogen-bond acceptors (Lipinski definition) is 9. The molecule has 0 spiro atoms. The summed E-state index contributed by atoms with van der Waals surface area (Å²) in [5.41, 5.74) is 1.51. The molecule has 15 heteroatoms. The fraction of sp³-hybridized carbons (Fsp3) is 0.791. The number of nitrogens with zero attached hydrogens (tertiary/aromatic N) is 2. The number of aromatic amines is 1. The van der Waals surface area contributed by atoms with E-state index in [0.717, 1.165) is 75.1 Å². The summed E-state index contributed by atoms with van der Waals surface area (Å²) in [6.45, 7) is 47.3. The number of amidine groups is 1. The molecule has 82 heavy (non-hydrogen) atoms. The van der Waals surface area contributed by atoms with Gasteiger partial charge >= 0.3 is 44.9 Å². The standard InChI is InChI=1S/C67H110N4O8S.ClH.Zn/c1-23-40(6)50-48(68-56(70-58(72)42(8)80-32-31-77-62(76)67(21,22)25-3)52(50)60(74)78-54-44(63(9,10)11)33-38(4)34-45(54)64(12,13)14)37-49-51(41(7)24-2)53(57(69-49)71-59(73)43-29-27-26-28-30-43)61(75)79-55-46(65(15,16)17)35-39(5)36-47(55)66(18,19)20;;/h37-47,54-55H,23-36H2,1-22H3,(H3,68,69,70,71,72,73,74,75);1H;/q;;+2/p-2. The molecule has 460 valence electrons. The number of nitrogens with one attached hydrogen (secondary N) is 2. The van der Waals surface area contributed by atoms with Gasteiger partial charge in [-0.05, 0) is 153 Å². The van der Waals surface area contributed by atoms with Gasteiger partial charge in [0.1, 0.15) is 30.2 Å². The van der Waals surface area contributed by atoms with Gasteiger partial charge in [-0.25, -0.2) is 9.59 Å². The van der Waals surface area contributed by atoms with Gasteiger partial charge in [-0.2, -0.15) is 0 Å². The van der Waals surface area contributed by atoms with Crippen LogP contribution in [0.4, 0.5) is 5.82 Å². The van der Waals surface area contributed by atoms with Crippen LogP contribution in [0.1, 0.15) is 257 Å². The molecule has 1 aliphatic heterocycles. The number of carbonyl (C=O) groups is 5. The number of halogens is 1. The van der Waals surface area contributed by atoms with Gasteiger partial charge in [0.15, 0.2) is 5.91 Å². The van der Waals surface area contributed by atoms with E-state index in [-0.39, 0.29) is 99.1 Å². The van der Waals surface area contributed by atoms with Crippen LogP contribution in [0, 0.1) is 74.4 Å². The van der Waals surface area contributed by atoms with Gasteiger partial charge in [-0.1, -0.05) is 151 Å². The Morgan fingerprint density at radius 3 is 1.62 bits per heavy atom. The van der Waals surface area contributed by atoms with E-state index in [0.29, 0.717) is 70.8 Å². The van der Waals surface area contributed by atoms with Crippen LogP contribution in [0.5, 0.6) is 0 Å². The summed E-state index contributed by atoms with van der Waals surface area (Å²) >= 11 is 2.17. The Labute approximate surface area is 515 Å². The number of esters is 3. The molecule has 4 aliphatic rings. The number of hydrogen-bond donors (Lipinski definition) is 2. The number of allylic oxidation sites excluding steroid dienone is 1. The quantitative estimate of drug-likeness (QED) is 0.0629. The van der Waals surface area contributed by atoms with E-state index in [2.05, 4.69) is 135 Å². The zero-order valence-electron chi connectivity index (χ0n) is 55.1. The van der Waals surface area contributed by atoms with Gasteiger partial charge in [0.05, 0.1) is 16.2 Å². The van der Waals surface area contributed by atoms with Gasteiger partial charge in [-0.3, -0.25) is 14.4 Å². The Hall–Kier alpha value is -2.96. The summed E-state index contributed by atoms with van der Waals surface area (Å²) in [5.74, 6) is -0.686. The van der Waals surface area contributed by atoms with Crippen LogP contribution in [-0.2, 0) is 50.7 Å². The van der Waals surface area contributed by atoms with E-state index >= 15 is 9.59 Å². The second-order valence-corrected chi connectivity index (χ2v) is 31.5. The number of carbonyl (C=O) groups excluding carboxylic acids is 5. The molecule has 0 saturated heterocycles. The first-order valence-corrected chi connectivity index (χ1v) is 36.3. The van der Waals surface area contributed by atoms with Crippen molar-refractivity contribution in [1.82, 2.24) is 4.98 Å². The molecular formula is C67H109ClN4O8SZn. The molecule has 7 atom stereocenters. The van der Waals surface area contributed by atoms with Crippen molar-refractivity contribution in [2.45, 2.75) is 253 Å². The molecule has 2 N–H and O–H groups in total. The number of amides is 2. The number of H-pyrrole nitrogens is 1. The molecule has 5 rings (SSSR count). The van der Waals surface area contributed by atoms with Crippen LogP contribution < -0.4 is 5.32 Å². The molecule has 3 saturated carbocycles. The van der Waals surface area contributed by atoms with Gasteiger partial charge in [0, 0.05) is 41.0 Å². The number of aromatic nitrogens is 1. The van der Waals surface area contributed by atoms with E-state index in [1.165, 1.54) is 11.8 Å². The van der Waals surface area contributed by atoms with Gasteiger partial charge in [0.25, 0.3) is 0 Å². The second-order valence-electron chi connectivity index (χ2n) is 30.0. The zero-order chi connectivity index (χ0) is 62.2. The average Bonchev–Trinajstić information content (AvgIpc) is 3.83. The van der Waals surface area contributed by atoms with Crippen LogP contribution in [0.25, 0.3) is 11.4 Å². The van der Waals surface area contributed by atoms with Crippen LogP contribution in [0.3, 0.4) is 0 Å². The SMILES string of the molecule is CCC(C)C1=C(C(=O)OC2C(C(C)(C)C)CC(C)CC2C(C)(C)C)C(=NC(=O)C(C)SCCOC(=O)C(C)(C)CC)[N-]/C1=C\c1[nH]c(NC(=O)C2CCCCC2)c(C(=O)OC2C(C(C)(C)C)CC(C)CC2C(C)(C)C)c1C(C)CC.[Cl][Zn+]. The van der Waals surface area contributed by atoms with E-state index < -0.39 is 34.6 Å². The summed E-state index contributed by atoms with van der Waals surface area (Å²) in [4.78, 5) is 81.1. The van der Waals surface area contributed by atoms with Crippen molar-refractivity contribution in [3.05, 3.63) is 39.0 Å². The molecule has 12 nitrogen and oxygen atoms in total. The van der Waals surface area contributed by atoms with E-state index in [9.17, 15) is 14.4 Å². The molecule has 1 aromatic heterocycles. The van der Waals surface area contributed by atoms with Crippen molar-refractivity contribution in [2.75, 3.05) is 17.7 Å². The summed E-state index contributed by atoms with van der Waals surface area (Å²) in [6.07, 6.45) is 11.3. The maximum absolute atomic E-state index is 15.6. The summed E-state index contributed by atoms with van der Waals surface area (Å²) in [7, 11) is 4.76. The molecule has 7 unspecified atom stereocenters. The van der Waals surface area contributed by atoms with Crippen LogP contribution in [0.2, 0.25) is 0 Å². The van der Waals surface area contributed by atoms with Gasteiger partial charge in [0.2, 0.25) is 5.91 Å². The predicted octanol–water partition coefficient (Wildman–Crippen LogP) is 17.8. The molecule has 3 aliphatic carbocycles. The first-order valence-electron chi connectivity index (χ1n) is 31.3. The van der Waals surface area contributed by atoms with Crippen LogP contribution >= 0.6 is 21.5 Å². The van der Waals surface area contributed by atoms with Crippen molar-refractivity contribution in [1.29, 1.82) is 0 Å². The molecule has 2 heterocycles. The molecule has 2 amide bonds. The third-order valence-corrected chi connectivity index (χ3v) is 20.1. The third-order valence-electron chi connectivity index (χ3n) is 19.0. The maximum atomic E-state index is 15.6. The van der Waals surface area contributed by atoms with Crippen molar-refractivity contribution < 1.29 is 55.5 Å². The molecule has 0 radical (unpaired) electrons. The number of ether oxygens (including phenoxy) is 3. The average molecular weight is 1230 g/mol. The second kappa shape index (κ2) is 29.6. The number of thioether (sulfide) groups is 1. The molecule has 0 aromatic carbocycles. The fourth-order valence-corrected chi connectivity index (χ4v) is 13.8. The van der Waals surface area contributed by atoms with Crippen LogP contribution in [-0.4, -0.2) is 70.4 Å². The number of rotatable bonds is 18. The van der Waals surface area contributed by atoms with Crippen LogP contribution in [0.15, 0.2) is 21.8 Å². The van der Waals surface area contributed by atoms with E-state index in [4.69, 9.17) is 34.2 Å². The monoisotopic (exact) mass is 1230 g/mol. The van der Waals surface area contributed by atoms with Crippen molar-refractivity contribution in [3.8, 4) is 0 Å². The van der Waals surface area contributed by atoms with E-state index in [1.54, 1.807) is 6.92 Å². The van der Waals surface area contributed by atoms with Gasteiger partial charge in [-0.15, -0.1) is 11.8 Å². The van der Waals surface area contributed by atoms with E-state index in [1.807, 2.05) is 26.8 Å². The van der Waals surface area contributed by atoms with Crippen molar-refractivity contribution in [3.63, 3.8) is 0 Å². The number of anilines is 1. The minimum absolute atomic E-state index is 0.0102. The normalized spacial score (nSPS) is 26.3. The predicted molar refractivity (Wildman–Crippen MR) is 335 cm³/mol. The van der Waals surface area contributed by atoms with Gasteiger partial charge < -0.3 is 34.8 Å². The first kappa shape index (κ1) is 71.5. The summed E-state index contributed by atoms with van der Waals surface area (Å²) < 4.78 is 19.6. The Bertz CT molecular complexity index is 2420. The zero-order valence-corrected chi connectivity index (χ0v) is 59.6. The third kappa shape index (κ3) is 18.1. The summed E-state index contributed by atoms with van der Waals surface area (Å²) in [6, 6.07) is 0.